The lowest BCUT2D eigenvalue weighted by Crippen LogP contribution is -2.42. The predicted molar refractivity (Wildman–Crippen MR) is 64.3 cm³/mol. The van der Waals surface area contributed by atoms with Crippen LogP contribution in [0.3, 0.4) is 0 Å². The molecule has 1 saturated heterocycles. The van der Waals surface area contributed by atoms with Gasteiger partial charge in [-0.05, 0) is 19.8 Å². The van der Waals surface area contributed by atoms with Crippen LogP contribution in [0.2, 0.25) is 0 Å². The summed E-state index contributed by atoms with van der Waals surface area (Å²) in [5.41, 5.74) is 5.41. The Balaban J connectivity index is 2.38. The summed E-state index contributed by atoms with van der Waals surface area (Å²) in [4.78, 5) is 11.5. The lowest BCUT2D eigenvalue weighted by molar-refractivity contribution is -0.119. The topological polar surface area (TPSA) is 98.5 Å². The Morgan fingerprint density at radius 1 is 1.47 bits per heavy atom. The summed E-state index contributed by atoms with van der Waals surface area (Å²) in [6.45, 7) is 2.82. The predicted octanol–water partition coefficient (Wildman–Crippen LogP) is -0.956. The van der Waals surface area contributed by atoms with Crippen molar-refractivity contribution in [2.75, 3.05) is 24.7 Å². The van der Waals surface area contributed by atoms with Crippen molar-refractivity contribution in [1.82, 2.24) is 5.32 Å². The Morgan fingerprint density at radius 2 is 2.06 bits per heavy atom. The number of carbonyl (C=O) groups excluding carboxylic acids is 1. The van der Waals surface area contributed by atoms with Gasteiger partial charge in [-0.3, -0.25) is 4.79 Å². The number of sulfone groups is 1. The molecule has 1 fully saturated rings. The molecule has 1 atom stereocenters. The summed E-state index contributed by atoms with van der Waals surface area (Å²) >= 11 is 0. The number of hydrogen-bond donors (Lipinski definition) is 2. The third-order valence-electron chi connectivity index (χ3n) is 2.45. The van der Waals surface area contributed by atoms with Crippen molar-refractivity contribution in [2.24, 2.45) is 5.73 Å². The highest BCUT2D eigenvalue weighted by atomic mass is 32.2. The number of nitrogens with two attached hydrogens (primary N) is 1. The average molecular weight is 264 g/mol. The van der Waals surface area contributed by atoms with Crippen LogP contribution in [0, 0.1) is 0 Å². The second kappa shape index (κ2) is 6.32. The van der Waals surface area contributed by atoms with E-state index in [1.54, 1.807) is 6.92 Å². The summed E-state index contributed by atoms with van der Waals surface area (Å²) in [6.07, 6.45) is 1.47. The first-order valence-electron chi connectivity index (χ1n) is 5.72. The Hall–Kier alpha value is -0.660. The molecule has 0 aromatic heterocycles. The summed E-state index contributed by atoms with van der Waals surface area (Å²) in [7, 11) is -3.40. The third kappa shape index (κ3) is 5.99. The molecule has 1 amide bonds. The zero-order valence-corrected chi connectivity index (χ0v) is 10.8. The maximum Gasteiger partial charge on any atom is 0.235 e. The molecule has 100 valence electrons. The fourth-order valence-corrected chi connectivity index (χ4v) is 3.17. The highest BCUT2D eigenvalue weighted by Gasteiger charge is 2.21. The van der Waals surface area contributed by atoms with Gasteiger partial charge >= 0.3 is 0 Å². The molecule has 0 radical (unpaired) electrons. The van der Waals surface area contributed by atoms with E-state index in [2.05, 4.69) is 5.32 Å². The molecule has 0 aromatic rings. The van der Waals surface area contributed by atoms with Crippen LogP contribution >= 0.6 is 0 Å². The van der Waals surface area contributed by atoms with Crippen molar-refractivity contribution < 1.29 is 17.9 Å². The molecule has 0 aliphatic carbocycles. The van der Waals surface area contributed by atoms with Crippen LogP contribution < -0.4 is 11.1 Å². The fraction of sp³-hybridized carbons (Fsp3) is 0.900. The van der Waals surface area contributed by atoms with Gasteiger partial charge in [0.2, 0.25) is 5.91 Å². The van der Waals surface area contributed by atoms with Crippen LogP contribution in [0.15, 0.2) is 0 Å². The van der Waals surface area contributed by atoms with Crippen molar-refractivity contribution in [3.63, 3.8) is 0 Å². The van der Waals surface area contributed by atoms with Gasteiger partial charge in [-0.15, -0.1) is 0 Å². The smallest absolute Gasteiger partial charge is 0.235 e. The molecule has 0 bridgehead atoms. The highest BCUT2D eigenvalue weighted by Crippen LogP contribution is 2.06. The normalized spacial score (nSPS) is 19.9. The molecule has 0 saturated carbocycles. The Kier molecular flexibility index (Phi) is 5.35. The Morgan fingerprint density at radius 3 is 2.59 bits per heavy atom. The largest absolute Gasteiger partial charge is 0.381 e. The third-order valence-corrected chi connectivity index (χ3v) is 4.19. The van der Waals surface area contributed by atoms with Gasteiger partial charge in [0.15, 0.2) is 9.84 Å². The highest BCUT2D eigenvalue weighted by molar-refractivity contribution is 7.92. The zero-order valence-electron chi connectivity index (χ0n) is 10.0. The van der Waals surface area contributed by atoms with E-state index in [1.807, 2.05) is 0 Å². The molecule has 3 N–H and O–H groups in total. The van der Waals surface area contributed by atoms with Crippen LogP contribution in [0.4, 0.5) is 0 Å². The molecule has 6 nitrogen and oxygen atoms in total. The maximum absolute atomic E-state index is 11.5. The molecule has 17 heavy (non-hydrogen) atoms. The van der Waals surface area contributed by atoms with Gasteiger partial charge in [0.25, 0.3) is 0 Å². The standard InChI is InChI=1S/C10H20N2O4S/c1-8(11)6-17(14,15)7-10(13)12-9-2-4-16-5-3-9/h8-9H,2-7,11H2,1H3,(H,12,13). The monoisotopic (exact) mass is 264 g/mol. The van der Waals surface area contributed by atoms with Crippen LogP contribution in [0.1, 0.15) is 19.8 Å². The van der Waals surface area contributed by atoms with Crippen molar-refractivity contribution in [1.29, 1.82) is 0 Å². The molecule has 7 heteroatoms. The van der Waals surface area contributed by atoms with Gasteiger partial charge in [-0.1, -0.05) is 0 Å². The van der Waals surface area contributed by atoms with Gasteiger partial charge in [0, 0.05) is 25.3 Å². The van der Waals surface area contributed by atoms with Gasteiger partial charge in [-0.25, -0.2) is 8.42 Å². The van der Waals surface area contributed by atoms with Crippen molar-refractivity contribution in [3.8, 4) is 0 Å². The van der Waals surface area contributed by atoms with E-state index in [0.717, 1.165) is 12.8 Å². The van der Waals surface area contributed by atoms with E-state index in [1.165, 1.54) is 0 Å². The SMILES string of the molecule is CC(N)CS(=O)(=O)CC(=O)NC1CCOCC1. The van der Waals surface area contributed by atoms with Gasteiger partial charge in [0.05, 0.1) is 5.75 Å². The Bertz CT molecular complexity index is 347. The van der Waals surface area contributed by atoms with E-state index in [9.17, 15) is 13.2 Å². The molecule has 1 aliphatic heterocycles. The van der Waals surface area contributed by atoms with E-state index in [-0.39, 0.29) is 11.8 Å². The van der Waals surface area contributed by atoms with Crippen molar-refractivity contribution >= 4 is 15.7 Å². The molecular formula is C10H20N2O4S. The minimum Gasteiger partial charge on any atom is -0.381 e. The summed E-state index contributed by atoms with van der Waals surface area (Å²) in [6, 6.07) is -0.419. The fourth-order valence-electron chi connectivity index (χ4n) is 1.77. The van der Waals surface area contributed by atoms with Crippen LogP contribution in [0.25, 0.3) is 0 Å². The quantitative estimate of drug-likeness (QED) is 0.666. The van der Waals surface area contributed by atoms with E-state index in [4.69, 9.17) is 10.5 Å². The molecule has 0 spiro atoms. The lowest BCUT2D eigenvalue weighted by atomic mass is 10.1. The number of rotatable bonds is 5. The van der Waals surface area contributed by atoms with Crippen LogP contribution in [-0.2, 0) is 19.4 Å². The minimum absolute atomic E-state index is 0.0294. The number of nitrogens with one attached hydrogen (secondary N) is 1. The van der Waals surface area contributed by atoms with Gasteiger partial charge in [0.1, 0.15) is 5.75 Å². The number of carbonyl (C=O) groups is 1. The number of ether oxygens (including phenoxy) is 1. The van der Waals surface area contributed by atoms with Gasteiger partial charge in [-0.2, -0.15) is 0 Å². The van der Waals surface area contributed by atoms with Gasteiger partial charge < -0.3 is 15.8 Å². The van der Waals surface area contributed by atoms with Crippen LogP contribution in [-0.4, -0.2) is 51.1 Å². The second-order valence-corrected chi connectivity index (χ2v) is 6.60. The molecule has 0 aromatic carbocycles. The molecule has 1 heterocycles. The van der Waals surface area contributed by atoms with Crippen molar-refractivity contribution in [2.45, 2.75) is 31.8 Å². The zero-order chi connectivity index (χ0) is 12.9. The minimum atomic E-state index is -3.40. The first-order chi connectivity index (χ1) is 7.89. The molecule has 1 rings (SSSR count). The first-order valence-corrected chi connectivity index (χ1v) is 7.54. The Labute approximate surface area is 102 Å². The second-order valence-electron chi connectivity index (χ2n) is 4.49. The first kappa shape index (κ1) is 14.4. The molecule has 1 unspecified atom stereocenters. The number of hydrogen-bond acceptors (Lipinski definition) is 5. The number of amides is 1. The van der Waals surface area contributed by atoms with E-state index < -0.39 is 27.5 Å². The molecular weight excluding hydrogens is 244 g/mol. The van der Waals surface area contributed by atoms with E-state index in [0.29, 0.717) is 13.2 Å². The molecule has 1 aliphatic rings. The summed E-state index contributed by atoms with van der Waals surface area (Å²) < 4.78 is 28.2. The average Bonchev–Trinajstić information content (AvgIpc) is 2.15. The maximum atomic E-state index is 11.5. The summed E-state index contributed by atoms with van der Waals surface area (Å²) in [5.74, 6) is -1.09. The van der Waals surface area contributed by atoms with E-state index >= 15 is 0 Å². The summed E-state index contributed by atoms with van der Waals surface area (Å²) in [5, 5.41) is 2.71. The lowest BCUT2D eigenvalue weighted by Gasteiger charge is -2.23. The van der Waals surface area contributed by atoms with Crippen molar-refractivity contribution in [3.05, 3.63) is 0 Å². The van der Waals surface area contributed by atoms with Crippen LogP contribution in [0.5, 0.6) is 0 Å².